The maximum atomic E-state index is 11.0. The van der Waals surface area contributed by atoms with Crippen molar-refractivity contribution in [3.63, 3.8) is 0 Å². The molecule has 0 saturated carbocycles. The van der Waals surface area contributed by atoms with Crippen molar-refractivity contribution in [1.29, 1.82) is 0 Å². The lowest BCUT2D eigenvalue weighted by Gasteiger charge is -2.02. The second-order valence-electron chi connectivity index (χ2n) is 2.66. The van der Waals surface area contributed by atoms with E-state index >= 15 is 0 Å². The first-order chi connectivity index (χ1) is 7.13. The summed E-state index contributed by atoms with van der Waals surface area (Å²) in [5, 5.41) is 10.3. The first kappa shape index (κ1) is 11.1. The number of ether oxygens (including phenoxy) is 2. The Kier molecular flexibility index (Phi) is 3.75. The number of esters is 1. The number of carbonyl (C=O) groups is 1. The number of nitro benzene ring substituents is 1. The van der Waals surface area contributed by atoms with Crippen LogP contribution in [0.3, 0.4) is 0 Å². The average molecular weight is 211 g/mol. The van der Waals surface area contributed by atoms with Crippen molar-refractivity contribution < 1.29 is 19.2 Å². The predicted molar refractivity (Wildman–Crippen MR) is 50.6 cm³/mol. The Labute approximate surface area is 85.6 Å². The Balaban J connectivity index is 2.64. The molecule has 0 aromatic heterocycles. The average Bonchev–Trinajstić information content (AvgIpc) is 2.18. The van der Waals surface area contributed by atoms with Crippen molar-refractivity contribution >= 4 is 11.7 Å². The smallest absolute Gasteiger partial charge is 0.337 e. The summed E-state index contributed by atoms with van der Waals surface area (Å²) in [6.07, 6.45) is 0. The number of hydrogen-bond acceptors (Lipinski definition) is 5. The molecule has 80 valence electrons. The Bertz CT molecular complexity index is 359. The highest BCUT2D eigenvalue weighted by Gasteiger charge is 2.07. The second kappa shape index (κ2) is 5.06. The van der Waals surface area contributed by atoms with Crippen molar-refractivity contribution in [2.45, 2.75) is 0 Å². The van der Waals surface area contributed by atoms with E-state index in [1.54, 1.807) is 0 Å². The zero-order chi connectivity index (χ0) is 11.3. The number of non-ortho nitro benzene ring substituents is 1. The van der Waals surface area contributed by atoms with Gasteiger partial charge in [0, 0.05) is 19.2 Å². The highest BCUT2D eigenvalue weighted by Crippen LogP contribution is 2.17. The molecule has 1 rings (SSSR count). The maximum absolute atomic E-state index is 11.0. The van der Waals surface area contributed by atoms with E-state index in [2.05, 4.69) is 4.74 Å². The molecule has 1 aromatic carbocycles. The molecule has 15 heavy (non-hydrogen) atoms. The van der Waals surface area contributed by atoms with Gasteiger partial charge in [-0.15, -0.1) is 0 Å². The number of nitrogens with zero attached hydrogens (tertiary/aromatic N) is 1. The molecular weight excluding hydrogens is 202 g/mol. The first-order valence-corrected chi connectivity index (χ1v) is 4.07. The van der Waals surface area contributed by atoms with Crippen LogP contribution in [0.15, 0.2) is 24.3 Å². The van der Waals surface area contributed by atoms with Crippen molar-refractivity contribution in [2.75, 3.05) is 13.7 Å². The van der Waals surface area contributed by atoms with Crippen LogP contribution in [0.25, 0.3) is 0 Å². The summed E-state index contributed by atoms with van der Waals surface area (Å²) in [5.74, 6) is -0.297. The minimum atomic E-state index is -0.550. The van der Waals surface area contributed by atoms with E-state index in [-0.39, 0.29) is 18.0 Å². The molecule has 0 aliphatic carbocycles. The molecule has 0 aliphatic heterocycles. The standard InChI is InChI=1S/C9H9NO5/c1-14-6-9(11)15-8-4-2-7(3-5-8)10(12)13/h2-5H,6H2,1H3. The third kappa shape index (κ3) is 3.35. The van der Waals surface area contributed by atoms with Crippen molar-refractivity contribution in [1.82, 2.24) is 0 Å². The van der Waals surface area contributed by atoms with Gasteiger partial charge in [-0.1, -0.05) is 0 Å². The number of methoxy groups -OCH3 is 1. The molecule has 0 N–H and O–H groups in total. The molecule has 0 heterocycles. The van der Waals surface area contributed by atoms with Gasteiger partial charge in [0.05, 0.1) is 4.92 Å². The minimum absolute atomic E-state index is 0.0541. The molecule has 0 unspecified atom stereocenters. The molecule has 1 aromatic rings. The molecule has 0 radical (unpaired) electrons. The quantitative estimate of drug-likeness (QED) is 0.323. The summed E-state index contributed by atoms with van der Waals surface area (Å²) in [6.45, 7) is -0.156. The van der Waals surface area contributed by atoms with Gasteiger partial charge in [0.25, 0.3) is 5.69 Å². The molecule has 0 spiro atoms. The fraction of sp³-hybridized carbons (Fsp3) is 0.222. The zero-order valence-corrected chi connectivity index (χ0v) is 8.00. The lowest BCUT2D eigenvalue weighted by molar-refractivity contribution is -0.384. The van der Waals surface area contributed by atoms with E-state index in [0.717, 1.165) is 0 Å². The van der Waals surface area contributed by atoms with Crippen LogP contribution in [0.1, 0.15) is 0 Å². The van der Waals surface area contributed by atoms with E-state index in [9.17, 15) is 14.9 Å². The van der Waals surface area contributed by atoms with Gasteiger partial charge < -0.3 is 9.47 Å². The van der Waals surface area contributed by atoms with Crippen molar-refractivity contribution in [2.24, 2.45) is 0 Å². The third-order valence-electron chi connectivity index (χ3n) is 1.54. The number of benzene rings is 1. The van der Waals surface area contributed by atoms with Gasteiger partial charge in [-0.05, 0) is 12.1 Å². The summed E-state index contributed by atoms with van der Waals surface area (Å²) < 4.78 is 9.36. The fourth-order valence-corrected chi connectivity index (χ4v) is 0.915. The number of hydrogen-bond donors (Lipinski definition) is 0. The summed E-state index contributed by atoms with van der Waals surface area (Å²) in [4.78, 5) is 20.7. The number of nitro groups is 1. The van der Waals surface area contributed by atoms with E-state index in [1.807, 2.05) is 0 Å². The highest BCUT2D eigenvalue weighted by atomic mass is 16.6. The lowest BCUT2D eigenvalue weighted by atomic mass is 10.3. The number of rotatable bonds is 4. The molecule has 0 fully saturated rings. The molecular formula is C9H9NO5. The zero-order valence-electron chi connectivity index (χ0n) is 8.00. The summed E-state index contributed by atoms with van der Waals surface area (Å²) >= 11 is 0. The van der Waals surface area contributed by atoms with Gasteiger partial charge in [0.1, 0.15) is 12.4 Å². The third-order valence-corrected chi connectivity index (χ3v) is 1.54. The highest BCUT2D eigenvalue weighted by molar-refractivity contribution is 5.73. The van der Waals surface area contributed by atoms with E-state index in [0.29, 0.717) is 0 Å². The van der Waals surface area contributed by atoms with Gasteiger partial charge in [-0.2, -0.15) is 0 Å². The Morgan fingerprint density at radius 2 is 2.00 bits per heavy atom. The van der Waals surface area contributed by atoms with Crippen molar-refractivity contribution in [3.05, 3.63) is 34.4 Å². The van der Waals surface area contributed by atoms with Crippen LogP contribution in [0.4, 0.5) is 5.69 Å². The van der Waals surface area contributed by atoms with Crippen LogP contribution >= 0.6 is 0 Å². The molecule has 0 bridgehead atoms. The molecule has 0 saturated heterocycles. The Morgan fingerprint density at radius 1 is 1.40 bits per heavy atom. The monoisotopic (exact) mass is 211 g/mol. The summed E-state index contributed by atoms with van der Waals surface area (Å²) in [5.41, 5.74) is -0.0541. The largest absolute Gasteiger partial charge is 0.425 e. The van der Waals surface area contributed by atoms with Crippen molar-refractivity contribution in [3.8, 4) is 5.75 Å². The fourth-order valence-electron chi connectivity index (χ4n) is 0.915. The lowest BCUT2D eigenvalue weighted by Crippen LogP contribution is -2.13. The molecule has 6 heteroatoms. The molecule has 0 amide bonds. The number of carbonyl (C=O) groups excluding carboxylic acids is 1. The molecule has 6 nitrogen and oxygen atoms in total. The van der Waals surface area contributed by atoms with Gasteiger partial charge in [-0.3, -0.25) is 10.1 Å². The van der Waals surface area contributed by atoms with Crippen LogP contribution in [0.2, 0.25) is 0 Å². The van der Waals surface area contributed by atoms with Gasteiger partial charge >= 0.3 is 5.97 Å². The normalized spacial score (nSPS) is 9.67. The maximum Gasteiger partial charge on any atom is 0.337 e. The predicted octanol–water partition coefficient (Wildman–Crippen LogP) is 1.15. The van der Waals surface area contributed by atoms with Crippen LogP contribution in [0, 0.1) is 10.1 Å². The van der Waals surface area contributed by atoms with Gasteiger partial charge in [0.15, 0.2) is 0 Å². The topological polar surface area (TPSA) is 78.7 Å². The van der Waals surface area contributed by atoms with Crippen LogP contribution < -0.4 is 4.74 Å². The van der Waals surface area contributed by atoms with Crippen LogP contribution in [0.5, 0.6) is 5.75 Å². The van der Waals surface area contributed by atoms with E-state index in [1.165, 1.54) is 31.4 Å². The molecule has 0 atom stereocenters. The molecule has 0 aliphatic rings. The summed E-state index contributed by atoms with van der Waals surface area (Å²) in [6, 6.07) is 5.22. The SMILES string of the molecule is COCC(=O)Oc1ccc([N+](=O)[O-])cc1. The first-order valence-electron chi connectivity index (χ1n) is 4.07. The van der Waals surface area contributed by atoms with Crippen LogP contribution in [-0.4, -0.2) is 24.6 Å². The van der Waals surface area contributed by atoms with Gasteiger partial charge in [-0.25, -0.2) is 4.79 Å². The van der Waals surface area contributed by atoms with Gasteiger partial charge in [0.2, 0.25) is 0 Å². The minimum Gasteiger partial charge on any atom is -0.425 e. The Hall–Kier alpha value is -1.95. The van der Waals surface area contributed by atoms with Crippen LogP contribution in [-0.2, 0) is 9.53 Å². The Morgan fingerprint density at radius 3 is 2.47 bits per heavy atom. The van der Waals surface area contributed by atoms with E-state index < -0.39 is 10.9 Å². The van der Waals surface area contributed by atoms with E-state index in [4.69, 9.17) is 4.74 Å². The summed E-state index contributed by atoms with van der Waals surface area (Å²) in [7, 11) is 1.37. The second-order valence-corrected chi connectivity index (χ2v) is 2.66.